The standard InChI is InChI=1S/C20H26N4O2/c1-15-13-18(21-26-15)14-22-9-11-23(12-10-22)16(2)20(25)24-8-7-17-5-3-4-6-19(17)24/h3-6,13,16H,7-12,14H2,1-2H3. The van der Waals surface area contributed by atoms with Crippen LogP contribution in [0.25, 0.3) is 0 Å². The molecule has 138 valence electrons. The SMILES string of the molecule is Cc1cc(CN2CCN(C(C)C(=O)N3CCc4ccccc43)CC2)no1. The summed E-state index contributed by atoms with van der Waals surface area (Å²) in [4.78, 5) is 19.7. The lowest BCUT2D eigenvalue weighted by atomic mass is 10.1. The number of anilines is 1. The molecule has 26 heavy (non-hydrogen) atoms. The fourth-order valence-corrected chi connectivity index (χ4v) is 3.98. The van der Waals surface area contributed by atoms with Crippen LogP contribution in [0.1, 0.15) is 23.9 Å². The van der Waals surface area contributed by atoms with Crippen molar-refractivity contribution in [3.63, 3.8) is 0 Å². The summed E-state index contributed by atoms with van der Waals surface area (Å²) in [5.74, 6) is 1.07. The monoisotopic (exact) mass is 354 g/mol. The minimum absolute atomic E-state index is 0.0856. The maximum absolute atomic E-state index is 13.0. The molecule has 1 aromatic carbocycles. The Morgan fingerprint density at radius 2 is 1.96 bits per heavy atom. The minimum atomic E-state index is -0.0856. The predicted octanol–water partition coefficient (Wildman–Crippen LogP) is 2.08. The summed E-state index contributed by atoms with van der Waals surface area (Å²) in [6.07, 6.45) is 0.958. The lowest BCUT2D eigenvalue weighted by molar-refractivity contribution is -0.123. The van der Waals surface area contributed by atoms with Gasteiger partial charge in [0.05, 0.1) is 11.7 Å². The Labute approximate surface area is 154 Å². The van der Waals surface area contributed by atoms with Gasteiger partial charge in [-0.1, -0.05) is 23.4 Å². The van der Waals surface area contributed by atoms with Crippen LogP contribution >= 0.6 is 0 Å². The van der Waals surface area contributed by atoms with Crippen molar-refractivity contribution >= 4 is 11.6 Å². The highest BCUT2D eigenvalue weighted by Crippen LogP contribution is 2.28. The lowest BCUT2D eigenvalue weighted by Gasteiger charge is -2.38. The third-order valence-corrected chi connectivity index (χ3v) is 5.53. The van der Waals surface area contributed by atoms with E-state index in [9.17, 15) is 4.79 Å². The van der Waals surface area contributed by atoms with Gasteiger partial charge in [0.1, 0.15) is 5.76 Å². The predicted molar refractivity (Wildman–Crippen MR) is 100 cm³/mol. The molecular weight excluding hydrogens is 328 g/mol. The summed E-state index contributed by atoms with van der Waals surface area (Å²) in [5, 5.41) is 4.07. The van der Waals surface area contributed by atoms with Crippen LogP contribution in [-0.2, 0) is 17.8 Å². The van der Waals surface area contributed by atoms with Gasteiger partial charge in [-0.25, -0.2) is 0 Å². The maximum atomic E-state index is 13.0. The van der Waals surface area contributed by atoms with Gasteiger partial charge in [-0.05, 0) is 31.9 Å². The van der Waals surface area contributed by atoms with Crippen molar-refractivity contribution in [3.8, 4) is 0 Å². The first-order chi connectivity index (χ1) is 12.6. The van der Waals surface area contributed by atoms with E-state index in [4.69, 9.17) is 4.52 Å². The molecule has 1 fully saturated rings. The van der Waals surface area contributed by atoms with Crippen molar-refractivity contribution in [2.45, 2.75) is 32.9 Å². The van der Waals surface area contributed by atoms with E-state index in [0.29, 0.717) is 0 Å². The van der Waals surface area contributed by atoms with Gasteiger partial charge < -0.3 is 9.42 Å². The van der Waals surface area contributed by atoms with E-state index >= 15 is 0 Å². The maximum Gasteiger partial charge on any atom is 0.244 e. The summed E-state index contributed by atoms with van der Waals surface area (Å²) in [5.41, 5.74) is 3.35. The summed E-state index contributed by atoms with van der Waals surface area (Å²) in [7, 11) is 0. The lowest BCUT2D eigenvalue weighted by Crippen LogP contribution is -2.54. The topological polar surface area (TPSA) is 52.8 Å². The fourth-order valence-electron chi connectivity index (χ4n) is 3.98. The number of hydrogen-bond acceptors (Lipinski definition) is 5. The molecule has 1 saturated heterocycles. The van der Waals surface area contributed by atoms with Gasteiger partial charge in [0, 0.05) is 51.0 Å². The van der Waals surface area contributed by atoms with Crippen molar-refractivity contribution in [3.05, 3.63) is 47.3 Å². The quantitative estimate of drug-likeness (QED) is 0.841. The molecule has 0 bridgehead atoms. The fraction of sp³-hybridized carbons (Fsp3) is 0.500. The van der Waals surface area contributed by atoms with Gasteiger partial charge >= 0.3 is 0 Å². The molecule has 1 unspecified atom stereocenters. The second-order valence-corrected chi connectivity index (χ2v) is 7.29. The van der Waals surface area contributed by atoms with E-state index < -0.39 is 0 Å². The van der Waals surface area contributed by atoms with Gasteiger partial charge in [0.15, 0.2) is 0 Å². The molecule has 2 aliphatic rings. The third-order valence-electron chi connectivity index (χ3n) is 5.53. The highest BCUT2D eigenvalue weighted by Gasteiger charge is 2.32. The first kappa shape index (κ1) is 17.2. The van der Waals surface area contributed by atoms with Gasteiger partial charge in [0.2, 0.25) is 5.91 Å². The average molecular weight is 354 g/mol. The first-order valence-electron chi connectivity index (χ1n) is 9.40. The number of rotatable bonds is 4. The highest BCUT2D eigenvalue weighted by molar-refractivity contribution is 5.98. The molecule has 0 spiro atoms. The molecule has 6 nitrogen and oxygen atoms in total. The van der Waals surface area contributed by atoms with Crippen LogP contribution < -0.4 is 4.90 Å². The Bertz CT molecular complexity index is 780. The molecule has 0 saturated carbocycles. The largest absolute Gasteiger partial charge is 0.361 e. The molecule has 3 heterocycles. The Morgan fingerprint density at radius 1 is 1.19 bits per heavy atom. The number of fused-ring (bicyclic) bond motifs is 1. The number of piperazine rings is 1. The van der Waals surface area contributed by atoms with Crippen LogP contribution in [0.5, 0.6) is 0 Å². The second kappa shape index (κ2) is 7.21. The molecule has 2 aliphatic heterocycles. The average Bonchev–Trinajstić information content (AvgIpc) is 3.27. The normalized spacial score (nSPS) is 19.5. The molecule has 1 aromatic heterocycles. The van der Waals surface area contributed by atoms with Gasteiger partial charge in [-0.15, -0.1) is 0 Å². The molecule has 0 N–H and O–H groups in total. The molecular formula is C20H26N4O2. The summed E-state index contributed by atoms with van der Waals surface area (Å²) >= 11 is 0. The number of nitrogens with zero attached hydrogens (tertiary/aromatic N) is 4. The molecule has 0 aliphatic carbocycles. The van der Waals surface area contributed by atoms with Crippen LogP contribution in [0.15, 0.2) is 34.9 Å². The van der Waals surface area contributed by atoms with Crippen molar-refractivity contribution in [1.82, 2.24) is 15.0 Å². The van der Waals surface area contributed by atoms with Crippen LogP contribution in [0, 0.1) is 6.92 Å². The van der Waals surface area contributed by atoms with E-state index in [1.54, 1.807) is 0 Å². The zero-order chi connectivity index (χ0) is 18.1. The van der Waals surface area contributed by atoms with Gasteiger partial charge in [-0.2, -0.15) is 0 Å². The zero-order valence-corrected chi connectivity index (χ0v) is 15.5. The molecule has 1 amide bonds. The molecule has 2 aromatic rings. The van der Waals surface area contributed by atoms with Crippen molar-refractivity contribution in [2.75, 3.05) is 37.6 Å². The number of aromatic nitrogens is 1. The van der Waals surface area contributed by atoms with Crippen LogP contribution in [-0.4, -0.2) is 59.6 Å². The van der Waals surface area contributed by atoms with Gasteiger partial charge in [-0.3, -0.25) is 14.6 Å². The zero-order valence-electron chi connectivity index (χ0n) is 15.5. The Hall–Kier alpha value is -2.18. The number of para-hydroxylation sites is 1. The summed E-state index contributed by atoms with van der Waals surface area (Å²) in [6.45, 7) is 9.26. The van der Waals surface area contributed by atoms with Crippen molar-refractivity contribution in [1.29, 1.82) is 0 Å². The van der Waals surface area contributed by atoms with E-state index in [1.165, 1.54) is 5.56 Å². The number of carbonyl (C=O) groups excluding carboxylic acids is 1. The number of amides is 1. The van der Waals surface area contributed by atoms with E-state index in [1.807, 2.05) is 36.9 Å². The van der Waals surface area contributed by atoms with Crippen molar-refractivity contribution in [2.24, 2.45) is 0 Å². The smallest absolute Gasteiger partial charge is 0.244 e. The van der Waals surface area contributed by atoms with Gasteiger partial charge in [0.25, 0.3) is 0 Å². The molecule has 1 atom stereocenters. The molecule has 6 heteroatoms. The molecule has 4 rings (SSSR count). The Balaban J connectivity index is 1.33. The number of aryl methyl sites for hydroxylation is 1. The van der Waals surface area contributed by atoms with Crippen molar-refractivity contribution < 1.29 is 9.32 Å². The Kier molecular flexibility index (Phi) is 4.78. The van der Waals surface area contributed by atoms with E-state index in [0.717, 1.165) is 62.8 Å². The summed E-state index contributed by atoms with van der Waals surface area (Å²) in [6, 6.07) is 10.1. The Morgan fingerprint density at radius 3 is 2.69 bits per heavy atom. The minimum Gasteiger partial charge on any atom is -0.361 e. The number of carbonyl (C=O) groups is 1. The second-order valence-electron chi connectivity index (χ2n) is 7.29. The van der Waals surface area contributed by atoms with E-state index in [2.05, 4.69) is 27.1 Å². The number of hydrogen-bond donors (Lipinski definition) is 0. The number of benzene rings is 1. The summed E-state index contributed by atoms with van der Waals surface area (Å²) < 4.78 is 5.15. The highest BCUT2D eigenvalue weighted by atomic mass is 16.5. The van der Waals surface area contributed by atoms with Crippen LogP contribution in [0.2, 0.25) is 0 Å². The molecule has 0 radical (unpaired) electrons. The van der Waals surface area contributed by atoms with Crippen LogP contribution in [0.3, 0.4) is 0 Å². The third kappa shape index (κ3) is 3.39. The van der Waals surface area contributed by atoms with E-state index in [-0.39, 0.29) is 11.9 Å². The first-order valence-corrected chi connectivity index (χ1v) is 9.40. The van der Waals surface area contributed by atoms with Crippen LogP contribution in [0.4, 0.5) is 5.69 Å².